The number of nitriles is 1. The average Bonchev–Trinajstić information content (AvgIpc) is 2.67. The van der Waals surface area contributed by atoms with Gasteiger partial charge >= 0.3 is 0 Å². The Morgan fingerprint density at radius 3 is 2.85 bits per heavy atom. The highest BCUT2D eigenvalue weighted by molar-refractivity contribution is 7.98. The molecule has 1 N–H and O–H groups in total. The molecule has 1 saturated heterocycles. The van der Waals surface area contributed by atoms with E-state index in [0.29, 0.717) is 35.3 Å². The quantitative estimate of drug-likeness (QED) is 0.825. The van der Waals surface area contributed by atoms with Crippen molar-refractivity contribution >= 4 is 23.5 Å². The lowest BCUT2D eigenvalue weighted by Gasteiger charge is -2.34. The molecule has 1 aliphatic rings. The third kappa shape index (κ3) is 3.59. The Morgan fingerprint density at radius 2 is 2.19 bits per heavy atom. The van der Waals surface area contributed by atoms with Gasteiger partial charge in [-0.3, -0.25) is 0 Å². The van der Waals surface area contributed by atoms with Crippen LogP contribution in [-0.2, 0) is 4.74 Å². The minimum atomic E-state index is -0.541. The fourth-order valence-electron chi connectivity index (χ4n) is 2.91. The number of nitrogens with zero attached hydrogens (tertiary/aromatic N) is 4. The number of hydrogen-bond acceptors (Lipinski definition) is 7. The van der Waals surface area contributed by atoms with E-state index in [1.54, 1.807) is 13.1 Å². The van der Waals surface area contributed by atoms with Crippen LogP contribution in [-0.4, -0.2) is 49.1 Å². The van der Waals surface area contributed by atoms with Crippen molar-refractivity contribution in [2.45, 2.75) is 17.9 Å². The van der Waals surface area contributed by atoms with Crippen LogP contribution < -0.4 is 10.2 Å². The molecule has 1 atom stereocenters. The van der Waals surface area contributed by atoms with E-state index in [4.69, 9.17) is 10.00 Å². The zero-order chi connectivity index (χ0) is 18.7. The van der Waals surface area contributed by atoms with Gasteiger partial charge in [-0.15, -0.1) is 11.8 Å². The predicted molar refractivity (Wildman–Crippen MR) is 101 cm³/mol. The second-order valence-electron chi connectivity index (χ2n) is 5.95. The standard InChI is InChI=1S/C18H20FN5OS/c1-11-10-25-5-4-24(11)17-8-15(22-18(21-2)23-17)12-6-14(19)13(9-20)16(7-12)26-3/h6-8,11H,4-5,10H2,1-3H3,(H,21,22,23). The van der Waals surface area contributed by atoms with E-state index in [1.165, 1.54) is 17.8 Å². The summed E-state index contributed by atoms with van der Waals surface area (Å²) in [6.45, 7) is 4.09. The maximum absolute atomic E-state index is 14.4. The van der Waals surface area contributed by atoms with Crippen molar-refractivity contribution in [1.82, 2.24) is 9.97 Å². The predicted octanol–water partition coefficient (Wildman–Crippen LogP) is 3.14. The van der Waals surface area contributed by atoms with Crippen molar-refractivity contribution in [2.24, 2.45) is 0 Å². The van der Waals surface area contributed by atoms with E-state index in [0.717, 1.165) is 12.4 Å². The number of rotatable bonds is 4. The highest BCUT2D eigenvalue weighted by Crippen LogP contribution is 2.31. The fraction of sp³-hybridized carbons (Fsp3) is 0.389. The van der Waals surface area contributed by atoms with Gasteiger partial charge < -0.3 is 15.0 Å². The minimum absolute atomic E-state index is 0.0613. The molecule has 3 rings (SSSR count). The Hall–Kier alpha value is -2.37. The molecule has 6 nitrogen and oxygen atoms in total. The number of thioether (sulfide) groups is 1. The van der Waals surface area contributed by atoms with Crippen LogP contribution in [0.5, 0.6) is 0 Å². The lowest BCUT2D eigenvalue weighted by molar-refractivity contribution is 0.0985. The Balaban J connectivity index is 2.09. The summed E-state index contributed by atoms with van der Waals surface area (Å²) in [5.74, 6) is 0.692. The third-order valence-corrected chi connectivity index (χ3v) is 5.04. The van der Waals surface area contributed by atoms with Crippen molar-refractivity contribution in [3.05, 3.63) is 29.6 Å². The first-order valence-corrected chi connectivity index (χ1v) is 9.49. The summed E-state index contributed by atoms with van der Waals surface area (Å²) < 4.78 is 19.9. The van der Waals surface area contributed by atoms with E-state index in [2.05, 4.69) is 27.1 Å². The minimum Gasteiger partial charge on any atom is -0.377 e. The molecular weight excluding hydrogens is 353 g/mol. The van der Waals surface area contributed by atoms with Crippen molar-refractivity contribution in [3.63, 3.8) is 0 Å². The van der Waals surface area contributed by atoms with Gasteiger partial charge in [0.25, 0.3) is 0 Å². The van der Waals surface area contributed by atoms with Gasteiger partial charge in [0.15, 0.2) is 0 Å². The molecule has 0 spiro atoms. The van der Waals surface area contributed by atoms with Crippen molar-refractivity contribution < 1.29 is 9.13 Å². The van der Waals surface area contributed by atoms with Gasteiger partial charge in [0.1, 0.15) is 23.3 Å². The van der Waals surface area contributed by atoms with E-state index < -0.39 is 5.82 Å². The smallest absolute Gasteiger partial charge is 0.224 e. The number of morpholine rings is 1. The van der Waals surface area contributed by atoms with E-state index in [9.17, 15) is 4.39 Å². The lowest BCUT2D eigenvalue weighted by atomic mass is 10.1. The Bertz CT molecular complexity index is 854. The second-order valence-corrected chi connectivity index (χ2v) is 6.80. The molecule has 2 aromatic rings. The van der Waals surface area contributed by atoms with Crippen LogP contribution in [0.15, 0.2) is 23.1 Å². The molecule has 1 fully saturated rings. The number of aromatic nitrogens is 2. The number of benzene rings is 1. The molecule has 0 aliphatic carbocycles. The molecule has 0 amide bonds. The summed E-state index contributed by atoms with van der Waals surface area (Å²) in [6, 6.07) is 7.11. The number of anilines is 2. The molecule has 1 unspecified atom stereocenters. The summed E-state index contributed by atoms with van der Waals surface area (Å²) in [4.78, 5) is 11.8. The summed E-state index contributed by atoms with van der Waals surface area (Å²) in [5, 5.41) is 12.1. The maximum atomic E-state index is 14.4. The fourth-order valence-corrected chi connectivity index (χ4v) is 3.50. The zero-order valence-corrected chi connectivity index (χ0v) is 15.7. The first-order valence-electron chi connectivity index (χ1n) is 8.26. The molecule has 1 aliphatic heterocycles. The summed E-state index contributed by atoms with van der Waals surface area (Å²) in [6.07, 6.45) is 1.82. The average molecular weight is 373 g/mol. The lowest BCUT2D eigenvalue weighted by Crippen LogP contribution is -2.44. The Kier molecular flexibility index (Phi) is 5.59. The molecule has 26 heavy (non-hydrogen) atoms. The molecule has 1 aromatic heterocycles. The normalized spacial score (nSPS) is 17.0. The van der Waals surface area contributed by atoms with E-state index in [1.807, 2.05) is 18.4 Å². The van der Waals surface area contributed by atoms with Gasteiger partial charge in [-0.2, -0.15) is 10.2 Å². The molecule has 136 valence electrons. The van der Waals surface area contributed by atoms with Crippen LogP contribution in [0.1, 0.15) is 12.5 Å². The van der Waals surface area contributed by atoms with Crippen LogP contribution in [0.2, 0.25) is 0 Å². The van der Waals surface area contributed by atoms with Crippen LogP contribution in [0, 0.1) is 17.1 Å². The van der Waals surface area contributed by atoms with Gasteiger partial charge in [0, 0.05) is 30.1 Å². The van der Waals surface area contributed by atoms with Crippen molar-refractivity contribution in [1.29, 1.82) is 5.26 Å². The van der Waals surface area contributed by atoms with Crippen LogP contribution in [0.25, 0.3) is 11.3 Å². The van der Waals surface area contributed by atoms with Gasteiger partial charge in [0.2, 0.25) is 5.95 Å². The van der Waals surface area contributed by atoms with Gasteiger partial charge in [0.05, 0.1) is 24.9 Å². The third-order valence-electron chi connectivity index (χ3n) is 4.28. The summed E-state index contributed by atoms with van der Waals surface area (Å²) >= 11 is 1.34. The van der Waals surface area contributed by atoms with Crippen LogP contribution in [0.4, 0.5) is 16.2 Å². The van der Waals surface area contributed by atoms with Crippen LogP contribution >= 0.6 is 11.8 Å². The monoisotopic (exact) mass is 373 g/mol. The van der Waals surface area contributed by atoms with Gasteiger partial charge in [-0.05, 0) is 25.3 Å². The second kappa shape index (κ2) is 7.89. The first kappa shape index (κ1) is 18.4. The molecule has 2 heterocycles. The number of halogens is 1. The summed E-state index contributed by atoms with van der Waals surface area (Å²) in [7, 11) is 1.75. The zero-order valence-electron chi connectivity index (χ0n) is 14.9. The van der Waals surface area contributed by atoms with Gasteiger partial charge in [-0.25, -0.2) is 9.37 Å². The Morgan fingerprint density at radius 1 is 1.38 bits per heavy atom. The topological polar surface area (TPSA) is 74.1 Å². The molecule has 1 aromatic carbocycles. The highest BCUT2D eigenvalue weighted by Gasteiger charge is 2.22. The number of hydrogen-bond donors (Lipinski definition) is 1. The van der Waals surface area contributed by atoms with Gasteiger partial charge in [-0.1, -0.05) is 0 Å². The maximum Gasteiger partial charge on any atom is 0.224 e. The summed E-state index contributed by atoms with van der Waals surface area (Å²) in [5.41, 5.74) is 1.29. The number of nitrogens with one attached hydrogen (secondary N) is 1. The molecule has 8 heteroatoms. The van der Waals surface area contributed by atoms with Crippen LogP contribution in [0.3, 0.4) is 0 Å². The largest absolute Gasteiger partial charge is 0.377 e. The SMILES string of the molecule is CNc1nc(-c2cc(F)c(C#N)c(SC)c2)cc(N2CCOCC2C)n1. The molecular formula is C18H20FN5OS. The highest BCUT2D eigenvalue weighted by atomic mass is 32.2. The number of ether oxygens (including phenoxy) is 1. The molecule has 0 saturated carbocycles. The van der Waals surface area contributed by atoms with Crippen molar-refractivity contribution in [2.75, 3.05) is 43.3 Å². The molecule has 0 radical (unpaired) electrons. The van der Waals surface area contributed by atoms with E-state index >= 15 is 0 Å². The van der Waals surface area contributed by atoms with E-state index in [-0.39, 0.29) is 11.6 Å². The molecule has 0 bridgehead atoms. The first-order chi connectivity index (χ1) is 12.6. The Labute approximate surface area is 156 Å². The van der Waals surface area contributed by atoms with Crippen molar-refractivity contribution in [3.8, 4) is 17.3 Å².